The molecule has 1 aliphatic rings. The molecule has 1 unspecified atom stereocenters. The average Bonchev–Trinajstić information content (AvgIpc) is 3.45. The molecule has 4 nitrogen and oxygen atoms in total. The SMILES string of the molecule is OCCOc1ccc(-c2cccc3c2C(c2ccc(OCCO)c(-c4ccccc4)c2)c2ccccc2-3)cc1-c1ccccc1. The van der Waals surface area contributed by atoms with Crippen molar-refractivity contribution in [1.82, 2.24) is 0 Å². The maximum Gasteiger partial charge on any atom is 0.127 e. The Balaban J connectivity index is 1.41. The maximum absolute atomic E-state index is 9.48. The van der Waals surface area contributed by atoms with Crippen molar-refractivity contribution >= 4 is 0 Å². The third kappa shape index (κ3) is 5.51. The van der Waals surface area contributed by atoms with Crippen LogP contribution in [-0.2, 0) is 0 Å². The Kier molecular flexibility index (Phi) is 8.15. The zero-order valence-corrected chi connectivity index (χ0v) is 24.9. The van der Waals surface area contributed by atoms with Crippen LogP contribution in [0.2, 0.25) is 0 Å². The second kappa shape index (κ2) is 12.8. The first kappa shape index (κ1) is 28.6. The van der Waals surface area contributed by atoms with E-state index in [0.717, 1.165) is 39.3 Å². The van der Waals surface area contributed by atoms with E-state index < -0.39 is 0 Å². The van der Waals surface area contributed by atoms with Crippen molar-refractivity contribution in [3.8, 4) is 56.0 Å². The summed E-state index contributed by atoms with van der Waals surface area (Å²) >= 11 is 0. The summed E-state index contributed by atoms with van der Waals surface area (Å²) < 4.78 is 12.0. The molecule has 0 saturated heterocycles. The summed E-state index contributed by atoms with van der Waals surface area (Å²) in [6.07, 6.45) is 0. The van der Waals surface area contributed by atoms with Gasteiger partial charge in [-0.1, -0.05) is 115 Å². The molecule has 0 fully saturated rings. The van der Waals surface area contributed by atoms with Crippen molar-refractivity contribution in [2.24, 2.45) is 0 Å². The fraction of sp³-hybridized carbons (Fsp3) is 0.122. The lowest BCUT2D eigenvalue weighted by molar-refractivity contribution is 0.202. The molecule has 1 atom stereocenters. The molecular weight excluding hydrogens is 556 g/mol. The summed E-state index contributed by atoms with van der Waals surface area (Å²) in [5, 5.41) is 18.9. The van der Waals surface area contributed by atoms with Crippen molar-refractivity contribution in [1.29, 1.82) is 0 Å². The molecule has 0 aliphatic heterocycles. The van der Waals surface area contributed by atoms with E-state index in [4.69, 9.17) is 9.47 Å². The van der Waals surface area contributed by atoms with Crippen LogP contribution in [0.3, 0.4) is 0 Å². The number of hydrogen-bond donors (Lipinski definition) is 2. The van der Waals surface area contributed by atoms with Crippen molar-refractivity contribution < 1.29 is 19.7 Å². The molecule has 0 saturated carbocycles. The number of ether oxygens (including phenoxy) is 2. The Hall–Kier alpha value is -5.16. The summed E-state index contributed by atoms with van der Waals surface area (Å²) in [6.45, 7) is 0.383. The minimum absolute atomic E-state index is 0.00671. The van der Waals surface area contributed by atoms with Crippen LogP contribution < -0.4 is 9.47 Å². The molecule has 6 aromatic carbocycles. The Labute approximate surface area is 263 Å². The lowest BCUT2D eigenvalue weighted by atomic mass is 9.83. The number of rotatable bonds is 10. The molecule has 7 rings (SSSR count). The Morgan fingerprint density at radius 3 is 1.67 bits per heavy atom. The zero-order chi connectivity index (χ0) is 30.6. The lowest BCUT2D eigenvalue weighted by Crippen LogP contribution is -2.05. The Morgan fingerprint density at radius 2 is 1.00 bits per heavy atom. The standard InChI is InChI=1S/C41H34O4/c42-22-24-44-38-20-18-30(26-36(38)28-10-3-1-4-11-28)32-16-9-17-35-33-14-7-8-15-34(33)40(41(32)35)31-19-21-39(45-25-23-43)37(27-31)29-12-5-2-6-13-29/h1-21,26-27,40,42-43H,22-25H2. The molecule has 2 N–H and O–H groups in total. The van der Waals surface area contributed by atoms with Gasteiger partial charge in [0.1, 0.15) is 24.7 Å². The predicted molar refractivity (Wildman–Crippen MR) is 181 cm³/mol. The van der Waals surface area contributed by atoms with Crippen LogP contribution in [0.25, 0.3) is 44.5 Å². The van der Waals surface area contributed by atoms with Crippen LogP contribution in [0, 0.1) is 0 Å². The van der Waals surface area contributed by atoms with E-state index in [1.165, 1.54) is 33.4 Å². The largest absolute Gasteiger partial charge is 0.491 e. The van der Waals surface area contributed by atoms with Crippen molar-refractivity contribution in [2.45, 2.75) is 5.92 Å². The molecule has 0 heterocycles. The second-order valence-electron chi connectivity index (χ2n) is 11.1. The van der Waals surface area contributed by atoms with Gasteiger partial charge in [-0.05, 0) is 74.3 Å². The van der Waals surface area contributed by atoms with E-state index in [-0.39, 0.29) is 32.3 Å². The molecule has 0 radical (unpaired) electrons. The minimum Gasteiger partial charge on any atom is -0.491 e. The van der Waals surface area contributed by atoms with E-state index in [1.807, 2.05) is 48.5 Å². The van der Waals surface area contributed by atoms with Crippen LogP contribution in [0.5, 0.6) is 11.5 Å². The van der Waals surface area contributed by atoms with Gasteiger partial charge in [-0.15, -0.1) is 0 Å². The van der Waals surface area contributed by atoms with E-state index in [2.05, 4.69) is 91.0 Å². The molecule has 0 spiro atoms. The van der Waals surface area contributed by atoms with Gasteiger partial charge < -0.3 is 19.7 Å². The van der Waals surface area contributed by atoms with Gasteiger partial charge in [-0.25, -0.2) is 0 Å². The van der Waals surface area contributed by atoms with Gasteiger partial charge in [0.05, 0.1) is 13.2 Å². The van der Waals surface area contributed by atoms with Crippen LogP contribution >= 0.6 is 0 Å². The van der Waals surface area contributed by atoms with Gasteiger partial charge in [0.15, 0.2) is 0 Å². The third-order valence-corrected chi connectivity index (χ3v) is 8.45. The zero-order valence-electron chi connectivity index (χ0n) is 24.9. The van der Waals surface area contributed by atoms with Crippen LogP contribution in [-0.4, -0.2) is 36.6 Å². The summed E-state index contributed by atoms with van der Waals surface area (Å²) in [4.78, 5) is 0. The first-order chi connectivity index (χ1) is 22.3. The predicted octanol–water partition coefficient (Wildman–Crippen LogP) is 8.59. The van der Waals surface area contributed by atoms with Gasteiger partial charge in [-0.3, -0.25) is 0 Å². The molecule has 0 amide bonds. The van der Waals surface area contributed by atoms with Crippen molar-refractivity contribution in [3.63, 3.8) is 0 Å². The highest BCUT2D eigenvalue weighted by atomic mass is 16.5. The number of fused-ring (bicyclic) bond motifs is 3. The molecule has 0 bridgehead atoms. The number of benzene rings is 6. The fourth-order valence-corrected chi connectivity index (χ4v) is 6.53. The van der Waals surface area contributed by atoms with Gasteiger partial charge in [0, 0.05) is 17.0 Å². The van der Waals surface area contributed by atoms with Gasteiger partial charge in [0.25, 0.3) is 0 Å². The smallest absolute Gasteiger partial charge is 0.127 e. The first-order valence-electron chi connectivity index (χ1n) is 15.4. The summed E-state index contributed by atoms with van der Waals surface area (Å²) in [6, 6.07) is 48.6. The number of aliphatic hydroxyl groups excluding tert-OH is 2. The van der Waals surface area contributed by atoms with E-state index >= 15 is 0 Å². The van der Waals surface area contributed by atoms with Crippen LogP contribution in [0.4, 0.5) is 0 Å². The molecule has 45 heavy (non-hydrogen) atoms. The summed E-state index contributed by atoms with van der Waals surface area (Å²) in [5.74, 6) is 1.51. The van der Waals surface area contributed by atoms with Crippen LogP contribution in [0.1, 0.15) is 22.6 Å². The highest BCUT2D eigenvalue weighted by Gasteiger charge is 2.33. The van der Waals surface area contributed by atoms with Crippen molar-refractivity contribution in [3.05, 3.63) is 156 Å². The molecule has 6 aromatic rings. The second-order valence-corrected chi connectivity index (χ2v) is 11.1. The van der Waals surface area contributed by atoms with E-state index in [1.54, 1.807) is 0 Å². The minimum atomic E-state index is -0.0447. The normalized spacial score (nSPS) is 13.2. The summed E-state index contributed by atoms with van der Waals surface area (Å²) in [7, 11) is 0. The highest BCUT2D eigenvalue weighted by Crippen LogP contribution is 2.52. The lowest BCUT2D eigenvalue weighted by Gasteiger charge is -2.21. The Morgan fingerprint density at radius 1 is 0.444 bits per heavy atom. The molecule has 1 aliphatic carbocycles. The topological polar surface area (TPSA) is 58.9 Å². The average molecular weight is 591 g/mol. The first-order valence-corrected chi connectivity index (χ1v) is 15.4. The van der Waals surface area contributed by atoms with Crippen LogP contribution in [0.15, 0.2) is 140 Å². The fourth-order valence-electron chi connectivity index (χ4n) is 6.53. The molecule has 4 heteroatoms. The third-order valence-electron chi connectivity index (χ3n) is 8.45. The summed E-state index contributed by atoms with van der Waals surface area (Å²) in [5.41, 5.74) is 12.6. The van der Waals surface area contributed by atoms with Gasteiger partial charge >= 0.3 is 0 Å². The molecular formula is C41H34O4. The molecule has 222 valence electrons. The van der Waals surface area contributed by atoms with E-state index in [0.29, 0.717) is 0 Å². The quantitative estimate of drug-likeness (QED) is 0.168. The molecule has 0 aromatic heterocycles. The van der Waals surface area contributed by atoms with Gasteiger partial charge in [-0.2, -0.15) is 0 Å². The number of hydrogen-bond acceptors (Lipinski definition) is 4. The van der Waals surface area contributed by atoms with Gasteiger partial charge in [0.2, 0.25) is 0 Å². The monoisotopic (exact) mass is 590 g/mol. The van der Waals surface area contributed by atoms with Crippen molar-refractivity contribution in [2.75, 3.05) is 26.4 Å². The maximum atomic E-state index is 9.48. The number of aliphatic hydroxyl groups is 2. The van der Waals surface area contributed by atoms with E-state index in [9.17, 15) is 10.2 Å². The Bertz CT molecular complexity index is 1930. The highest BCUT2D eigenvalue weighted by molar-refractivity contribution is 5.90.